The van der Waals surface area contributed by atoms with Crippen molar-refractivity contribution in [1.82, 2.24) is 0 Å². The van der Waals surface area contributed by atoms with Gasteiger partial charge < -0.3 is 10.5 Å². The van der Waals surface area contributed by atoms with Gasteiger partial charge >= 0.3 is 0 Å². The number of rotatable bonds is 7. The van der Waals surface area contributed by atoms with Crippen LogP contribution in [0.2, 0.25) is 0 Å². The lowest BCUT2D eigenvalue weighted by Crippen LogP contribution is -2.33. The van der Waals surface area contributed by atoms with Crippen molar-refractivity contribution >= 4 is 27.0 Å². The van der Waals surface area contributed by atoms with Crippen LogP contribution in [0.3, 0.4) is 0 Å². The molecule has 2 aromatic carbocycles. The summed E-state index contributed by atoms with van der Waals surface area (Å²) in [5.41, 5.74) is 5.69. The van der Waals surface area contributed by atoms with E-state index < -0.39 is 26.4 Å². The van der Waals surface area contributed by atoms with Gasteiger partial charge in [0.05, 0.1) is 27.2 Å². The smallest absolute Gasteiger partial charge is 0.182 e. The van der Waals surface area contributed by atoms with Crippen LogP contribution in [-0.2, 0) is 14.6 Å². The van der Waals surface area contributed by atoms with Crippen LogP contribution in [0, 0.1) is 11.2 Å². The lowest BCUT2D eigenvalue weighted by molar-refractivity contribution is 0.121. The number of hydrogen-bond acceptors (Lipinski definition) is 4. The van der Waals surface area contributed by atoms with Crippen LogP contribution in [0.4, 0.5) is 4.39 Å². The van der Waals surface area contributed by atoms with Gasteiger partial charge in [0.2, 0.25) is 0 Å². The number of benzene rings is 2. The molecule has 1 aliphatic carbocycles. The van der Waals surface area contributed by atoms with E-state index in [4.69, 9.17) is 22.7 Å². The molecule has 0 heterocycles. The molecule has 26 heavy (non-hydrogen) atoms. The van der Waals surface area contributed by atoms with Crippen molar-refractivity contribution in [3.8, 4) is 0 Å². The summed E-state index contributed by atoms with van der Waals surface area (Å²) in [5.74, 6) is -0.861. The molecule has 0 aromatic heterocycles. The molecule has 2 N–H and O–H groups in total. The first-order valence-electron chi connectivity index (χ1n) is 8.27. The fraction of sp³-hybridized carbons (Fsp3) is 0.316. The van der Waals surface area contributed by atoms with Crippen LogP contribution in [0.5, 0.6) is 0 Å². The minimum atomic E-state index is -3.70. The molecular formula is C19H20FNO3S2. The minimum Gasteiger partial charge on any atom is -0.393 e. The summed E-state index contributed by atoms with van der Waals surface area (Å²) in [5, 5.41) is -0.841. The molecule has 0 radical (unpaired) electrons. The molecule has 2 aromatic rings. The van der Waals surface area contributed by atoms with Crippen molar-refractivity contribution in [3.05, 3.63) is 66.0 Å². The summed E-state index contributed by atoms with van der Waals surface area (Å²) in [4.78, 5) is 0.316. The second-order valence-corrected chi connectivity index (χ2v) is 8.86. The molecule has 0 spiro atoms. The lowest BCUT2D eigenvalue weighted by Gasteiger charge is -2.17. The standard InChI is InChI=1S/C19H20FNO3S2/c1-2-24-12-19(18(21)25)16(13-8-10-14(20)11-9-13)17(19)26(22,23)15-6-4-3-5-7-15/h3-11,16-17H,2,12H2,1H3,(H2,21,25). The fourth-order valence-corrected chi connectivity index (χ4v) is 6.36. The number of thiocarbonyl (C=S) groups is 1. The minimum absolute atomic E-state index is 0.102. The first-order valence-corrected chi connectivity index (χ1v) is 10.2. The maximum absolute atomic E-state index is 13.3. The first kappa shape index (κ1) is 18.9. The molecule has 4 nitrogen and oxygen atoms in total. The third kappa shape index (κ3) is 3.04. The second-order valence-electron chi connectivity index (χ2n) is 6.35. The predicted molar refractivity (Wildman–Crippen MR) is 102 cm³/mol. The Labute approximate surface area is 158 Å². The number of halogens is 1. The topological polar surface area (TPSA) is 69.4 Å². The summed E-state index contributed by atoms with van der Waals surface area (Å²) in [6.45, 7) is 2.35. The highest BCUT2D eigenvalue weighted by atomic mass is 32.2. The Bertz CT molecular complexity index is 900. The van der Waals surface area contributed by atoms with Crippen molar-refractivity contribution < 1.29 is 17.5 Å². The highest BCUT2D eigenvalue weighted by molar-refractivity contribution is 7.92. The largest absolute Gasteiger partial charge is 0.393 e. The zero-order valence-corrected chi connectivity index (χ0v) is 15.9. The Morgan fingerprint density at radius 2 is 1.81 bits per heavy atom. The molecule has 3 atom stereocenters. The van der Waals surface area contributed by atoms with Crippen molar-refractivity contribution in [2.75, 3.05) is 13.2 Å². The van der Waals surface area contributed by atoms with E-state index in [1.807, 2.05) is 6.92 Å². The van der Waals surface area contributed by atoms with E-state index in [2.05, 4.69) is 0 Å². The van der Waals surface area contributed by atoms with E-state index in [0.29, 0.717) is 12.2 Å². The third-order valence-electron chi connectivity index (χ3n) is 4.90. The van der Waals surface area contributed by atoms with Gasteiger partial charge in [-0.2, -0.15) is 0 Å². The molecule has 0 saturated heterocycles. The summed E-state index contributed by atoms with van der Waals surface area (Å²) < 4.78 is 45.4. The molecule has 0 bridgehead atoms. The molecule has 3 rings (SSSR count). The molecule has 7 heteroatoms. The molecule has 0 amide bonds. The van der Waals surface area contributed by atoms with E-state index in [1.54, 1.807) is 42.5 Å². The number of ether oxygens (including phenoxy) is 1. The molecular weight excluding hydrogens is 373 g/mol. The summed E-state index contributed by atoms with van der Waals surface area (Å²) in [7, 11) is -3.70. The molecule has 0 aliphatic heterocycles. The van der Waals surface area contributed by atoms with Crippen molar-refractivity contribution in [2.24, 2.45) is 11.1 Å². The van der Waals surface area contributed by atoms with Gasteiger partial charge in [-0.05, 0) is 36.8 Å². The highest BCUT2D eigenvalue weighted by Crippen LogP contribution is 2.64. The molecule has 1 aliphatic rings. The number of hydrogen-bond donors (Lipinski definition) is 1. The Morgan fingerprint density at radius 3 is 2.35 bits per heavy atom. The lowest BCUT2D eigenvalue weighted by atomic mass is 10.00. The van der Waals surface area contributed by atoms with Gasteiger partial charge in [-0.1, -0.05) is 42.5 Å². The normalized spacial score (nSPS) is 25.0. The van der Waals surface area contributed by atoms with Gasteiger partial charge in [-0.15, -0.1) is 0 Å². The van der Waals surface area contributed by atoms with Crippen LogP contribution in [0.15, 0.2) is 59.5 Å². The average Bonchev–Trinajstić information content (AvgIpc) is 3.33. The number of sulfone groups is 1. The predicted octanol–water partition coefficient (Wildman–Crippen LogP) is 3.07. The SMILES string of the molecule is CCOCC1(C(N)=S)C(c2ccc(F)cc2)C1S(=O)(=O)c1ccccc1. The van der Waals surface area contributed by atoms with Gasteiger partial charge in [-0.25, -0.2) is 12.8 Å². The van der Waals surface area contributed by atoms with Crippen LogP contribution in [0.25, 0.3) is 0 Å². The fourth-order valence-electron chi connectivity index (χ4n) is 3.57. The third-order valence-corrected chi connectivity index (χ3v) is 7.57. The average molecular weight is 394 g/mol. The Morgan fingerprint density at radius 1 is 1.19 bits per heavy atom. The molecule has 1 saturated carbocycles. The summed E-state index contributed by atoms with van der Waals surface area (Å²) in [6.07, 6.45) is 0. The summed E-state index contributed by atoms with van der Waals surface area (Å²) >= 11 is 5.27. The van der Waals surface area contributed by atoms with Gasteiger partial charge in [0, 0.05) is 12.5 Å². The van der Waals surface area contributed by atoms with E-state index in [-0.39, 0.29) is 22.3 Å². The van der Waals surface area contributed by atoms with E-state index >= 15 is 0 Å². The van der Waals surface area contributed by atoms with E-state index in [0.717, 1.165) is 0 Å². The Kier molecular flexibility index (Phi) is 5.14. The van der Waals surface area contributed by atoms with Crippen molar-refractivity contribution in [1.29, 1.82) is 0 Å². The van der Waals surface area contributed by atoms with Crippen LogP contribution in [-0.4, -0.2) is 31.9 Å². The maximum atomic E-state index is 13.3. The van der Waals surface area contributed by atoms with Gasteiger partial charge in [0.15, 0.2) is 9.84 Å². The van der Waals surface area contributed by atoms with Gasteiger partial charge in [0.1, 0.15) is 5.82 Å². The first-order chi connectivity index (χ1) is 12.4. The summed E-state index contributed by atoms with van der Waals surface area (Å²) in [6, 6.07) is 14.0. The van der Waals surface area contributed by atoms with E-state index in [9.17, 15) is 12.8 Å². The van der Waals surface area contributed by atoms with Gasteiger partial charge in [-0.3, -0.25) is 0 Å². The molecule has 3 unspecified atom stereocenters. The quantitative estimate of drug-likeness (QED) is 0.732. The van der Waals surface area contributed by atoms with Gasteiger partial charge in [0.25, 0.3) is 0 Å². The number of nitrogens with two attached hydrogens (primary N) is 1. The maximum Gasteiger partial charge on any atom is 0.182 e. The Balaban J connectivity index is 2.10. The Hall–Kier alpha value is -1.83. The van der Waals surface area contributed by atoms with Crippen molar-refractivity contribution in [2.45, 2.75) is 23.0 Å². The highest BCUT2D eigenvalue weighted by Gasteiger charge is 2.73. The molecule has 1 fully saturated rings. The van der Waals surface area contributed by atoms with Crippen LogP contribution < -0.4 is 5.73 Å². The van der Waals surface area contributed by atoms with Crippen molar-refractivity contribution in [3.63, 3.8) is 0 Å². The van der Waals surface area contributed by atoms with E-state index in [1.165, 1.54) is 12.1 Å². The molecule has 138 valence electrons. The zero-order valence-electron chi connectivity index (χ0n) is 14.3. The second kappa shape index (κ2) is 7.06. The van der Waals surface area contributed by atoms with Crippen LogP contribution in [0.1, 0.15) is 18.4 Å². The monoisotopic (exact) mass is 393 g/mol. The van der Waals surface area contributed by atoms with Crippen LogP contribution >= 0.6 is 12.2 Å². The zero-order chi connectivity index (χ0) is 18.9.